The van der Waals surface area contributed by atoms with Gasteiger partial charge in [-0.15, -0.1) is 0 Å². The second-order valence-electron chi connectivity index (χ2n) is 6.23. The summed E-state index contributed by atoms with van der Waals surface area (Å²) in [6.45, 7) is 3.09. The minimum Gasteiger partial charge on any atom is -0.495 e. The highest BCUT2D eigenvalue weighted by atomic mass is 16.5. The van der Waals surface area contributed by atoms with Crippen LogP contribution in [0.2, 0.25) is 0 Å². The Morgan fingerprint density at radius 1 is 1.14 bits per heavy atom. The van der Waals surface area contributed by atoms with Crippen molar-refractivity contribution >= 4 is 11.4 Å². The number of methoxy groups -OCH3 is 1. The van der Waals surface area contributed by atoms with Crippen LogP contribution in [0.25, 0.3) is 0 Å². The summed E-state index contributed by atoms with van der Waals surface area (Å²) in [5.74, 6) is 0.713. The minimum atomic E-state index is -0.598. The summed E-state index contributed by atoms with van der Waals surface area (Å²) in [6.07, 6.45) is 0.872. The molecule has 2 aliphatic rings. The van der Waals surface area contributed by atoms with E-state index in [4.69, 9.17) is 10.5 Å². The number of anilines is 2. The summed E-state index contributed by atoms with van der Waals surface area (Å²) in [5.41, 5.74) is 7.65. The fourth-order valence-electron chi connectivity index (χ4n) is 3.48. The number of nitrogens with zero attached hydrogens (tertiary/aromatic N) is 2. The minimum absolute atomic E-state index is 0.443. The molecule has 2 aliphatic heterocycles. The molecule has 0 radical (unpaired) electrons. The van der Waals surface area contributed by atoms with Crippen LogP contribution in [0.3, 0.4) is 0 Å². The highest BCUT2D eigenvalue weighted by molar-refractivity contribution is 5.62. The van der Waals surface area contributed by atoms with Gasteiger partial charge in [0.05, 0.1) is 25.0 Å². The molecule has 2 heterocycles. The number of rotatable bonds is 3. The van der Waals surface area contributed by atoms with Crippen molar-refractivity contribution in [2.45, 2.75) is 31.1 Å². The second-order valence-corrected chi connectivity index (χ2v) is 6.23. The molecule has 0 amide bonds. The zero-order valence-corrected chi connectivity index (χ0v) is 13.0. The zero-order chi connectivity index (χ0) is 15.7. The molecule has 2 saturated heterocycles. The van der Waals surface area contributed by atoms with Crippen molar-refractivity contribution in [3.8, 4) is 5.75 Å². The van der Waals surface area contributed by atoms with Crippen LogP contribution in [0.4, 0.5) is 11.4 Å². The molecule has 0 aliphatic carbocycles. The van der Waals surface area contributed by atoms with Gasteiger partial charge in [-0.1, -0.05) is 0 Å². The molecule has 6 nitrogen and oxygen atoms in total. The van der Waals surface area contributed by atoms with E-state index in [0.717, 1.165) is 31.6 Å². The first-order valence-corrected chi connectivity index (χ1v) is 7.87. The van der Waals surface area contributed by atoms with Crippen molar-refractivity contribution < 1.29 is 14.9 Å². The maximum Gasteiger partial charge on any atom is 0.143 e. The third-order valence-electron chi connectivity index (χ3n) is 4.85. The van der Waals surface area contributed by atoms with Gasteiger partial charge in [-0.25, -0.2) is 0 Å². The van der Waals surface area contributed by atoms with Gasteiger partial charge in [-0.05, 0) is 25.0 Å². The van der Waals surface area contributed by atoms with E-state index in [9.17, 15) is 10.2 Å². The van der Waals surface area contributed by atoms with E-state index in [1.54, 1.807) is 7.11 Å². The lowest BCUT2D eigenvalue weighted by atomic mass is 10.0. The lowest BCUT2D eigenvalue weighted by Gasteiger charge is -2.37. The van der Waals surface area contributed by atoms with Crippen LogP contribution >= 0.6 is 0 Å². The van der Waals surface area contributed by atoms with Crippen LogP contribution in [0.15, 0.2) is 18.2 Å². The number of nitrogen functional groups attached to an aromatic ring is 1. The third-order valence-corrected chi connectivity index (χ3v) is 4.85. The average Bonchev–Trinajstić information content (AvgIpc) is 2.87. The molecule has 0 spiro atoms. The van der Waals surface area contributed by atoms with Crippen molar-refractivity contribution in [2.24, 2.45) is 0 Å². The molecule has 3 rings (SSSR count). The number of likely N-dealkylation sites (tertiary alicyclic amines) is 1. The van der Waals surface area contributed by atoms with Crippen LogP contribution < -0.4 is 15.4 Å². The van der Waals surface area contributed by atoms with Crippen LogP contribution in [0, 0.1) is 0 Å². The van der Waals surface area contributed by atoms with Gasteiger partial charge in [-0.2, -0.15) is 0 Å². The molecule has 2 atom stereocenters. The topological polar surface area (TPSA) is 82.2 Å². The first kappa shape index (κ1) is 15.4. The molecule has 1 aromatic carbocycles. The van der Waals surface area contributed by atoms with Gasteiger partial charge >= 0.3 is 0 Å². The van der Waals surface area contributed by atoms with Gasteiger partial charge in [0.1, 0.15) is 5.75 Å². The number of aliphatic hydroxyl groups is 2. The van der Waals surface area contributed by atoms with Gasteiger partial charge in [0.15, 0.2) is 0 Å². The molecule has 0 bridgehead atoms. The Labute approximate surface area is 131 Å². The molecule has 122 valence electrons. The molecule has 0 aromatic heterocycles. The van der Waals surface area contributed by atoms with E-state index in [2.05, 4.69) is 9.80 Å². The van der Waals surface area contributed by atoms with Crippen LogP contribution in [0.1, 0.15) is 12.8 Å². The van der Waals surface area contributed by atoms with E-state index in [1.165, 1.54) is 0 Å². The Morgan fingerprint density at radius 3 is 2.36 bits per heavy atom. The summed E-state index contributed by atoms with van der Waals surface area (Å²) in [7, 11) is 1.63. The highest BCUT2D eigenvalue weighted by Crippen LogP contribution is 2.30. The lowest BCUT2D eigenvalue weighted by Crippen LogP contribution is -2.44. The normalized spacial score (nSPS) is 27.3. The molecule has 0 unspecified atom stereocenters. The van der Waals surface area contributed by atoms with Gasteiger partial charge < -0.3 is 25.6 Å². The molecule has 6 heteroatoms. The zero-order valence-electron chi connectivity index (χ0n) is 13.0. The predicted octanol–water partition coefficient (Wildman–Crippen LogP) is 0.284. The standard InChI is InChI=1S/C16H25N3O3/c1-22-16-8-12(2-3-13(16)17)18-6-4-11(5-7-18)19-9-14(20)15(21)10-19/h2-3,8,11,14-15,20-21H,4-7,9-10,17H2,1H3/t14-,15-/m1/s1. The van der Waals surface area contributed by atoms with E-state index in [1.807, 2.05) is 18.2 Å². The Balaban J connectivity index is 1.60. The van der Waals surface area contributed by atoms with E-state index in [0.29, 0.717) is 30.6 Å². The third kappa shape index (κ3) is 2.99. The Bertz CT molecular complexity index is 507. The first-order valence-electron chi connectivity index (χ1n) is 7.87. The van der Waals surface area contributed by atoms with Crippen molar-refractivity contribution in [1.82, 2.24) is 4.90 Å². The number of piperidine rings is 1. The molecule has 22 heavy (non-hydrogen) atoms. The van der Waals surface area contributed by atoms with Gasteiger partial charge in [0.2, 0.25) is 0 Å². The molecule has 2 fully saturated rings. The maximum atomic E-state index is 9.68. The fourth-order valence-corrected chi connectivity index (χ4v) is 3.48. The largest absolute Gasteiger partial charge is 0.495 e. The monoisotopic (exact) mass is 307 g/mol. The van der Waals surface area contributed by atoms with E-state index < -0.39 is 12.2 Å². The van der Waals surface area contributed by atoms with Gasteiger partial charge in [-0.3, -0.25) is 4.90 Å². The summed E-state index contributed by atoms with van der Waals surface area (Å²) < 4.78 is 5.29. The van der Waals surface area contributed by atoms with E-state index in [-0.39, 0.29) is 0 Å². The summed E-state index contributed by atoms with van der Waals surface area (Å²) in [5, 5.41) is 19.4. The number of ether oxygens (including phenoxy) is 1. The highest BCUT2D eigenvalue weighted by Gasteiger charge is 2.35. The van der Waals surface area contributed by atoms with Crippen LogP contribution in [-0.4, -0.2) is 66.7 Å². The number of hydrogen-bond acceptors (Lipinski definition) is 6. The van der Waals surface area contributed by atoms with Gasteiger partial charge in [0.25, 0.3) is 0 Å². The van der Waals surface area contributed by atoms with Crippen LogP contribution in [-0.2, 0) is 0 Å². The van der Waals surface area contributed by atoms with Crippen molar-refractivity contribution in [2.75, 3.05) is 43.9 Å². The quantitative estimate of drug-likeness (QED) is 0.696. The molecule has 0 saturated carbocycles. The summed E-state index contributed by atoms with van der Waals surface area (Å²) >= 11 is 0. The molecular weight excluding hydrogens is 282 g/mol. The number of nitrogens with two attached hydrogens (primary N) is 1. The number of benzene rings is 1. The van der Waals surface area contributed by atoms with Crippen molar-refractivity contribution in [3.05, 3.63) is 18.2 Å². The number of β-amino-alcohol motifs (C(OH)–C–C–N with tert-alkyl or cyclic N) is 2. The Hall–Kier alpha value is -1.50. The van der Waals surface area contributed by atoms with E-state index >= 15 is 0 Å². The van der Waals surface area contributed by atoms with Crippen molar-refractivity contribution in [3.63, 3.8) is 0 Å². The summed E-state index contributed by atoms with van der Waals surface area (Å²) in [4.78, 5) is 4.55. The Kier molecular flexibility index (Phi) is 4.42. The predicted molar refractivity (Wildman–Crippen MR) is 86.2 cm³/mol. The number of aliphatic hydroxyl groups excluding tert-OH is 2. The SMILES string of the molecule is COc1cc(N2CCC(N3C[C@@H](O)[C@H](O)C3)CC2)ccc1N. The molecular formula is C16H25N3O3. The Morgan fingerprint density at radius 2 is 1.77 bits per heavy atom. The lowest BCUT2D eigenvalue weighted by molar-refractivity contribution is 0.0572. The van der Waals surface area contributed by atoms with Crippen molar-refractivity contribution in [1.29, 1.82) is 0 Å². The molecule has 1 aromatic rings. The maximum absolute atomic E-state index is 9.68. The fraction of sp³-hybridized carbons (Fsp3) is 0.625. The average molecular weight is 307 g/mol. The number of hydrogen-bond donors (Lipinski definition) is 3. The second kappa shape index (κ2) is 6.32. The summed E-state index contributed by atoms with van der Waals surface area (Å²) in [6, 6.07) is 6.34. The first-order chi connectivity index (χ1) is 10.6. The smallest absolute Gasteiger partial charge is 0.143 e. The van der Waals surface area contributed by atoms with Gasteiger partial charge in [0, 0.05) is 44.0 Å². The van der Waals surface area contributed by atoms with Crippen LogP contribution in [0.5, 0.6) is 5.75 Å². The molecule has 4 N–H and O–H groups in total.